The Morgan fingerprint density at radius 1 is 1.14 bits per heavy atom. The number of rotatable bonds is 5. The normalized spacial score (nSPS) is 14.7. The topological polar surface area (TPSA) is 67.5 Å². The third-order valence-electron chi connectivity index (χ3n) is 5.40. The van der Waals surface area contributed by atoms with E-state index >= 15 is 0 Å². The quantitative estimate of drug-likeness (QED) is 0.721. The molecular formula is C23H25N3O3. The number of amides is 2. The van der Waals surface area contributed by atoms with Gasteiger partial charge < -0.3 is 19.2 Å². The van der Waals surface area contributed by atoms with Crippen molar-refractivity contribution < 1.29 is 14.0 Å². The lowest BCUT2D eigenvalue weighted by molar-refractivity contribution is -0.133. The van der Waals surface area contributed by atoms with Gasteiger partial charge in [-0.15, -0.1) is 0 Å². The summed E-state index contributed by atoms with van der Waals surface area (Å²) >= 11 is 0. The number of nitrogens with one attached hydrogen (secondary N) is 1. The van der Waals surface area contributed by atoms with Crippen LogP contribution in [0.25, 0.3) is 11.3 Å². The van der Waals surface area contributed by atoms with E-state index in [9.17, 15) is 9.59 Å². The smallest absolute Gasteiger partial charge is 0.227 e. The van der Waals surface area contributed by atoms with Gasteiger partial charge in [0.25, 0.3) is 0 Å². The van der Waals surface area contributed by atoms with Crippen molar-refractivity contribution in [2.24, 2.45) is 13.0 Å². The Labute approximate surface area is 170 Å². The molecule has 150 valence electrons. The van der Waals surface area contributed by atoms with E-state index in [0.29, 0.717) is 32.4 Å². The predicted octanol–water partition coefficient (Wildman–Crippen LogP) is 3.70. The molecule has 6 heteroatoms. The fourth-order valence-corrected chi connectivity index (χ4v) is 3.78. The molecule has 0 unspecified atom stereocenters. The summed E-state index contributed by atoms with van der Waals surface area (Å²) in [6.45, 7) is 1.24. The number of piperidine rings is 1. The molecule has 1 fully saturated rings. The average Bonchev–Trinajstić information content (AvgIpc) is 3.40. The Morgan fingerprint density at radius 3 is 2.66 bits per heavy atom. The lowest BCUT2D eigenvalue weighted by Crippen LogP contribution is -2.42. The maximum absolute atomic E-state index is 12.7. The second-order valence-electron chi connectivity index (χ2n) is 7.56. The number of likely N-dealkylation sites (tertiary alicyclic amines) is 1. The highest BCUT2D eigenvalue weighted by molar-refractivity contribution is 5.93. The van der Waals surface area contributed by atoms with E-state index in [0.717, 1.165) is 22.6 Å². The summed E-state index contributed by atoms with van der Waals surface area (Å²) in [6.07, 6.45) is 7.33. The first-order valence-electron chi connectivity index (χ1n) is 9.92. The fraction of sp³-hybridized carbons (Fsp3) is 0.304. The molecule has 1 N–H and O–H groups in total. The molecule has 0 bridgehead atoms. The van der Waals surface area contributed by atoms with Crippen LogP contribution >= 0.6 is 0 Å². The number of anilines is 1. The third-order valence-corrected chi connectivity index (χ3v) is 5.40. The SMILES string of the molecule is Cn1ccc(CC(=O)N2CCC(C(=O)Nc3cccc(-c4ccco4)c3)CC2)c1. The molecule has 0 radical (unpaired) electrons. The molecule has 3 aromatic rings. The summed E-state index contributed by atoms with van der Waals surface area (Å²) in [5.74, 6) is 0.826. The van der Waals surface area contributed by atoms with Crippen LogP contribution < -0.4 is 5.32 Å². The van der Waals surface area contributed by atoms with Crippen LogP contribution in [0.5, 0.6) is 0 Å². The molecule has 0 atom stereocenters. The Hall–Kier alpha value is -3.28. The third kappa shape index (κ3) is 4.59. The largest absolute Gasteiger partial charge is 0.464 e. The second kappa shape index (κ2) is 8.39. The van der Waals surface area contributed by atoms with E-state index < -0.39 is 0 Å². The van der Waals surface area contributed by atoms with E-state index in [-0.39, 0.29) is 17.7 Å². The molecule has 3 heterocycles. The van der Waals surface area contributed by atoms with Gasteiger partial charge in [-0.2, -0.15) is 0 Å². The zero-order valence-corrected chi connectivity index (χ0v) is 16.5. The molecule has 1 aromatic carbocycles. The number of furan rings is 1. The number of carbonyl (C=O) groups is 2. The minimum absolute atomic E-state index is 0.0109. The summed E-state index contributed by atoms with van der Waals surface area (Å²) in [5.41, 5.74) is 2.70. The predicted molar refractivity (Wildman–Crippen MR) is 111 cm³/mol. The van der Waals surface area contributed by atoms with E-state index in [1.165, 1.54) is 0 Å². The van der Waals surface area contributed by atoms with Gasteiger partial charge in [-0.05, 0) is 48.7 Å². The van der Waals surface area contributed by atoms with Crippen molar-refractivity contribution in [1.29, 1.82) is 0 Å². The van der Waals surface area contributed by atoms with Crippen molar-refractivity contribution in [3.63, 3.8) is 0 Å². The summed E-state index contributed by atoms with van der Waals surface area (Å²) in [6, 6.07) is 13.3. The Bertz CT molecular complexity index is 982. The van der Waals surface area contributed by atoms with Gasteiger partial charge in [0.15, 0.2) is 0 Å². The van der Waals surface area contributed by atoms with E-state index in [4.69, 9.17) is 4.42 Å². The molecule has 4 rings (SSSR count). The summed E-state index contributed by atoms with van der Waals surface area (Å²) in [4.78, 5) is 27.1. The lowest BCUT2D eigenvalue weighted by atomic mass is 9.95. The maximum Gasteiger partial charge on any atom is 0.227 e. The Morgan fingerprint density at radius 2 is 1.97 bits per heavy atom. The molecule has 0 spiro atoms. The van der Waals surface area contributed by atoms with Crippen LogP contribution in [0.2, 0.25) is 0 Å². The van der Waals surface area contributed by atoms with Crippen molar-refractivity contribution in [1.82, 2.24) is 9.47 Å². The molecule has 0 aliphatic carbocycles. The number of aromatic nitrogens is 1. The zero-order valence-electron chi connectivity index (χ0n) is 16.5. The van der Waals surface area contributed by atoms with Crippen LogP contribution in [-0.4, -0.2) is 34.4 Å². The van der Waals surface area contributed by atoms with Crippen molar-refractivity contribution in [2.75, 3.05) is 18.4 Å². The van der Waals surface area contributed by atoms with Crippen LogP contribution in [0.3, 0.4) is 0 Å². The van der Waals surface area contributed by atoms with Gasteiger partial charge in [0.05, 0.1) is 12.7 Å². The number of benzene rings is 1. The van der Waals surface area contributed by atoms with Gasteiger partial charge in [-0.3, -0.25) is 9.59 Å². The maximum atomic E-state index is 12.7. The number of hydrogen-bond acceptors (Lipinski definition) is 3. The van der Waals surface area contributed by atoms with Gasteiger partial charge >= 0.3 is 0 Å². The van der Waals surface area contributed by atoms with Gasteiger partial charge in [-0.25, -0.2) is 0 Å². The van der Waals surface area contributed by atoms with Crippen molar-refractivity contribution in [2.45, 2.75) is 19.3 Å². The highest BCUT2D eigenvalue weighted by Crippen LogP contribution is 2.25. The van der Waals surface area contributed by atoms with Gasteiger partial charge in [-0.1, -0.05) is 12.1 Å². The highest BCUT2D eigenvalue weighted by Gasteiger charge is 2.27. The first kappa shape index (κ1) is 19.1. The average molecular weight is 391 g/mol. The Balaban J connectivity index is 1.30. The van der Waals surface area contributed by atoms with Crippen LogP contribution in [0.15, 0.2) is 65.5 Å². The molecule has 2 aromatic heterocycles. The van der Waals surface area contributed by atoms with E-state index in [1.54, 1.807) is 6.26 Å². The van der Waals surface area contributed by atoms with Crippen molar-refractivity contribution in [3.05, 3.63) is 66.7 Å². The molecule has 0 saturated carbocycles. The number of aryl methyl sites for hydroxylation is 1. The first-order valence-corrected chi connectivity index (χ1v) is 9.92. The van der Waals surface area contributed by atoms with Crippen molar-refractivity contribution in [3.8, 4) is 11.3 Å². The highest BCUT2D eigenvalue weighted by atomic mass is 16.3. The molecule has 29 heavy (non-hydrogen) atoms. The lowest BCUT2D eigenvalue weighted by Gasteiger charge is -2.31. The van der Waals surface area contributed by atoms with Crippen LogP contribution in [-0.2, 0) is 23.1 Å². The van der Waals surface area contributed by atoms with Gasteiger partial charge in [0.2, 0.25) is 11.8 Å². The minimum atomic E-state index is -0.0805. The number of carbonyl (C=O) groups excluding carboxylic acids is 2. The summed E-state index contributed by atoms with van der Waals surface area (Å²) in [5, 5.41) is 3.01. The van der Waals surface area contributed by atoms with Gasteiger partial charge in [0.1, 0.15) is 5.76 Å². The van der Waals surface area contributed by atoms with Gasteiger partial charge in [0, 0.05) is 49.7 Å². The molecule has 1 saturated heterocycles. The molecule has 6 nitrogen and oxygen atoms in total. The number of hydrogen-bond donors (Lipinski definition) is 1. The summed E-state index contributed by atoms with van der Waals surface area (Å²) < 4.78 is 7.37. The van der Waals surface area contributed by atoms with Crippen LogP contribution in [0.4, 0.5) is 5.69 Å². The molecule has 2 amide bonds. The first-order chi connectivity index (χ1) is 14.1. The monoisotopic (exact) mass is 391 g/mol. The van der Waals surface area contributed by atoms with E-state index in [1.807, 2.05) is 71.4 Å². The van der Waals surface area contributed by atoms with Crippen LogP contribution in [0, 0.1) is 5.92 Å². The molecular weight excluding hydrogens is 366 g/mol. The van der Waals surface area contributed by atoms with E-state index in [2.05, 4.69) is 5.32 Å². The van der Waals surface area contributed by atoms with Crippen LogP contribution in [0.1, 0.15) is 18.4 Å². The Kier molecular flexibility index (Phi) is 5.51. The standard InChI is InChI=1S/C23H25N3O3/c1-25-10-7-17(16-25)14-22(27)26-11-8-18(9-12-26)23(28)24-20-5-2-4-19(15-20)21-6-3-13-29-21/h2-7,10,13,15-16,18H,8-9,11-12,14H2,1H3,(H,24,28). The fourth-order valence-electron chi connectivity index (χ4n) is 3.78. The number of nitrogens with zero attached hydrogens (tertiary/aromatic N) is 2. The van der Waals surface area contributed by atoms with Crippen molar-refractivity contribution >= 4 is 17.5 Å². The minimum Gasteiger partial charge on any atom is -0.464 e. The molecule has 1 aliphatic rings. The summed E-state index contributed by atoms with van der Waals surface area (Å²) in [7, 11) is 1.95. The molecule has 1 aliphatic heterocycles. The second-order valence-corrected chi connectivity index (χ2v) is 7.56. The zero-order chi connectivity index (χ0) is 20.2.